The molecule has 2 aromatic carbocycles. The second-order valence-electron chi connectivity index (χ2n) is 6.37. The summed E-state index contributed by atoms with van der Waals surface area (Å²) in [6.45, 7) is 0.179. The maximum Gasteiger partial charge on any atom is 0.263 e. The Kier molecular flexibility index (Phi) is 5.43. The molecule has 0 bridgehead atoms. The molecule has 1 amide bonds. The first-order valence-corrected chi connectivity index (χ1v) is 9.82. The van der Waals surface area contributed by atoms with Gasteiger partial charge in [0.2, 0.25) is 5.91 Å². The summed E-state index contributed by atoms with van der Waals surface area (Å²) in [6.07, 6.45) is 0. The van der Waals surface area contributed by atoms with Crippen molar-refractivity contribution in [3.63, 3.8) is 0 Å². The number of amides is 1. The van der Waals surface area contributed by atoms with Crippen LogP contribution in [0.1, 0.15) is 0 Å². The number of likely N-dealkylation sites (N-methyl/N-ethyl adjacent to an activating group) is 1. The molecule has 0 radical (unpaired) electrons. The number of nitrogen functional groups attached to an aromatic ring is 1. The normalized spacial score (nSPS) is 11.5. The van der Waals surface area contributed by atoms with Gasteiger partial charge in [0.05, 0.1) is 22.5 Å². The van der Waals surface area contributed by atoms with E-state index in [4.69, 9.17) is 5.73 Å². The van der Waals surface area contributed by atoms with Gasteiger partial charge in [0.1, 0.15) is 0 Å². The van der Waals surface area contributed by atoms with Gasteiger partial charge in [-0.25, -0.2) is 18.4 Å². The largest absolute Gasteiger partial charge is 0.381 e. The first-order chi connectivity index (χ1) is 13.2. The van der Waals surface area contributed by atoms with Gasteiger partial charge in [0.15, 0.2) is 11.6 Å². The molecule has 0 saturated heterocycles. The van der Waals surface area contributed by atoms with Gasteiger partial charge in [-0.3, -0.25) is 9.52 Å². The highest BCUT2D eigenvalue weighted by atomic mass is 32.2. The average molecular weight is 400 g/mol. The number of hydrogen-bond donors (Lipinski definition) is 3. The maximum absolute atomic E-state index is 12.8. The minimum Gasteiger partial charge on any atom is -0.381 e. The monoisotopic (exact) mass is 400 g/mol. The lowest BCUT2D eigenvalue weighted by Gasteiger charge is -2.12. The van der Waals surface area contributed by atoms with Crippen LogP contribution in [-0.2, 0) is 14.8 Å². The second-order valence-corrected chi connectivity index (χ2v) is 8.05. The van der Waals surface area contributed by atoms with E-state index in [0.29, 0.717) is 16.7 Å². The highest BCUT2D eigenvalue weighted by molar-refractivity contribution is 7.92. The van der Waals surface area contributed by atoms with Gasteiger partial charge >= 0.3 is 0 Å². The van der Waals surface area contributed by atoms with E-state index in [1.807, 2.05) is 0 Å². The minimum atomic E-state index is -3.98. The molecule has 1 heterocycles. The Hall–Kier alpha value is -3.24. The third-order valence-electron chi connectivity index (χ3n) is 3.72. The first kappa shape index (κ1) is 19.5. The molecule has 0 spiro atoms. The Labute approximate surface area is 162 Å². The Morgan fingerprint density at radius 1 is 1.07 bits per heavy atom. The number of carbonyl (C=O) groups excluding carboxylic acids is 1. The molecule has 146 valence electrons. The molecular weight excluding hydrogens is 380 g/mol. The smallest absolute Gasteiger partial charge is 0.263 e. The maximum atomic E-state index is 12.8. The summed E-state index contributed by atoms with van der Waals surface area (Å²) >= 11 is 0. The highest BCUT2D eigenvalue weighted by Crippen LogP contribution is 2.23. The second kappa shape index (κ2) is 7.79. The van der Waals surface area contributed by atoms with Gasteiger partial charge in [0, 0.05) is 5.69 Å². The molecule has 0 aliphatic heterocycles. The van der Waals surface area contributed by atoms with E-state index in [1.54, 1.807) is 49.3 Å². The molecule has 3 aromatic rings. The lowest BCUT2D eigenvalue weighted by molar-refractivity contribution is -0.116. The Morgan fingerprint density at radius 2 is 1.75 bits per heavy atom. The van der Waals surface area contributed by atoms with Gasteiger partial charge in [-0.05, 0) is 44.4 Å². The van der Waals surface area contributed by atoms with Crippen molar-refractivity contribution in [3.8, 4) is 0 Å². The number of sulfonamides is 1. The molecule has 28 heavy (non-hydrogen) atoms. The summed E-state index contributed by atoms with van der Waals surface area (Å²) in [5, 5.41) is 2.66. The molecule has 0 atom stereocenters. The summed E-state index contributed by atoms with van der Waals surface area (Å²) in [6, 6.07) is 12.9. The zero-order valence-electron chi connectivity index (χ0n) is 15.4. The summed E-state index contributed by atoms with van der Waals surface area (Å²) in [5.41, 5.74) is 7.30. The predicted molar refractivity (Wildman–Crippen MR) is 108 cm³/mol. The van der Waals surface area contributed by atoms with Crippen molar-refractivity contribution in [1.29, 1.82) is 0 Å². The molecule has 0 unspecified atom stereocenters. The van der Waals surface area contributed by atoms with Crippen LogP contribution in [0.15, 0.2) is 53.4 Å². The van der Waals surface area contributed by atoms with E-state index in [1.165, 1.54) is 18.2 Å². The van der Waals surface area contributed by atoms with Crippen LogP contribution in [0.3, 0.4) is 0 Å². The minimum absolute atomic E-state index is 0.0299. The van der Waals surface area contributed by atoms with E-state index in [0.717, 1.165) is 0 Å². The van der Waals surface area contributed by atoms with E-state index < -0.39 is 10.0 Å². The number of nitrogens with two attached hydrogens (primary N) is 1. The lowest BCUT2D eigenvalue weighted by Crippen LogP contribution is -2.27. The van der Waals surface area contributed by atoms with Gasteiger partial charge in [-0.2, -0.15) is 0 Å². The number of nitrogens with zero attached hydrogens (tertiary/aromatic N) is 3. The van der Waals surface area contributed by atoms with Gasteiger partial charge in [0.25, 0.3) is 10.0 Å². The highest BCUT2D eigenvalue weighted by Gasteiger charge is 2.18. The van der Waals surface area contributed by atoms with E-state index in [9.17, 15) is 13.2 Å². The number of rotatable bonds is 6. The summed E-state index contributed by atoms with van der Waals surface area (Å²) < 4.78 is 27.9. The molecule has 0 aliphatic carbocycles. The van der Waals surface area contributed by atoms with Crippen LogP contribution in [0.5, 0.6) is 0 Å². The molecular formula is C18H20N6O3S. The van der Waals surface area contributed by atoms with E-state index in [2.05, 4.69) is 20.0 Å². The summed E-state index contributed by atoms with van der Waals surface area (Å²) in [7, 11) is -0.453. The standard InChI is InChI=1S/C18H20N6O3S/c1-24(2)11-16(25)20-12-6-5-7-13(10-12)28(26,27)23-18-17(19)21-14-8-3-4-9-15(14)22-18/h3-10H,11H2,1-2H3,(H2,19,21)(H,20,25)(H,22,23). The van der Waals surface area contributed by atoms with Gasteiger partial charge in [-0.1, -0.05) is 18.2 Å². The number of benzene rings is 2. The fourth-order valence-electron chi connectivity index (χ4n) is 2.50. The zero-order chi connectivity index (χ0) is 20.3. The van der Waals surface area contributed by atoms with E-state index in [-0.39, 0.29) is 29.0 Å². The van der Waals surface area contributed by atoms with Crippen molar-refractivity contribution in [3.05, 3.63) is 48.5 Å². The number of aromatic nitrogens is 2. The van der Waals surface area contributed by atoms with Crippen LogP contribution in [0.4, 0.5) is 17.3 Å². The Bertz CT molecular complexity index is 1130. The third-order valence-corrected chi connectivity index (χ3v) is 5.05. The fraction of sp³-hybridized carbons (Fsp3) is 0.167. The summed E-state index contributed by atoms with van der Waals surface area (Å²) in [5.74, 6) is -0.337. The van der Waals surface area contributed by atoms with E-state index >= 15 is 0 Å². The quantitative estimate of drug-likeness (QED) is 0.572. The van der Waals surface area contributed by atoms with Crippen molar-refractivity contribution in [2.24, 2.45) is 0 Å². The molecule has 0 aliphatic rings. The average Bonchev–Trinajstić information content (AvgIpc) is 2.61. The number of nitrogens with one attached hydrogen (secondary N) is 2. The number of fused-ring (bicyclic) bond motifs is 1. The first-order valence-electron chi connectivity index (χ1n) is 8.34. The summed E-state index contributed by atoms with van der Waals surface area (Å²) in [4.78, 5) is 22.0. The molecule has 10 heteroatoms. The van der Waals surface area contributed by atoms with Crippen LogP contribution in [-0.4, -0.2) is 49.8 Å². The van der Waals surface area contributed by atoms with Crippen molar-refractivity contribution in [1.82, 2.24) is 14.9 Å². The third kappa shape index (κ3) is 4.53. The van der Waals surface area contributed by atoms with Crippen molar-refractivity contribution in [2.75, 3.05) is 36.4 Å². The fourth-order valence-corrected chi connectivity index (χ4v) is 3.57. The number of anilines is 3. The molecule has 1 aromatic heterocycles. The SMILES string of the molecule is CN(C)CC(=O)Nc1cccc(S(=O)(=O)Nc2nc3ccccc3nc2N)c1. The van der Waals surface area contributed by atoms with Gasteiger partial charge < -0.3 is 16.0 Å². The number of carbonyl (C=O) groups is 1. The number of para-hydroxylation sites is 2. The molecule has 0 fully saturated rings. The molecule has 3 rings (SSSR count). The predicted octanol–water partition coefficient (Wildman–Crippen LogP) is 1.51. The van der Waals surface area contributed by atoms with Crippen molar-refractivity contribution < 1.29 is 13.2 Å². The molecule has 0 saturated carbocycles. The van der Waals surface area contributed by atoms with Crippen LogP contribution in [0.25, 0.3) is 11.0 Å². The van der Waals surface area contributed by atoms with Crippen LogP contribution < -0.4 is 15.8 Å². The van der Waals surface area contributed by atoms with Crippen LogP contribution in [0, 0.1) is 0 Å². The Balaban J connectivity index is 1.86. The van der Waals surface area contributed by atoms with Gasteiger partial charge in [-0.15, -0.1) is 0 Å². The van der Waals surface area contributed by atoms with Crippen LogP contribution in [0.2, 0.25) is 0 Å². The van der Waals surface area contributed by atoms with Crippen LogP contribution >= 0.6 is 0 Å². The zero-order valence-corrected chi connectivity index (χ0v) is 16.2. The molecule has 4 N–H and O–H groups in total. The van der Waals surface area contributed by atoms with Crippen molar-refractivity contribution >= 4 is 44.3 Å². The number of hydrogen-bond acceptors (Lipinski definition) is 7. The Morgan fingerprint density at radius 3 is 2.43 bits per heavy atom. The van der Waals surface area contributed by atoms with Crippen molar-refractivity contribution in [2.45, 2.75) is 4.90 Å². The molecule has 9 nitrogen and oxygen atoms in total. The topological polar surface area (TPSA) is 130 Å². The lowest BCUT2D eigenvalue weighted by atomic mass is 10.3.